The van der Waals surface area contributed by atoms with Crippen LogP contribution in [0.4, 0.5) is 0 Å². The van der Waals surface area contributed by atoms with Gasteiger partial charge in [-0.3, -0.25) is 14.5 Å². The number of alkyl halides is 1. The van der Waals surface area contributed by atoms with E-state index in [2.05, 4.69) is 31.9 Å². The highest BCUT2D eigenvalue weighted by molar-refractivity contribution is 9.09. The summed E-state index contributed by atoms with van der Waals surface area (Å²) in [5, 5.41) is 3.48. The fraction of sp³-hybridized carbons (Fsp3) is 0.833. The minimum absolute atomic E-state index is 0.211. The molecule has 2 saturated heterocycles. The summed E-state index contributed by atoms with van der Waals surface area (Å²) in [6.45, 7) is 5.03. The first-order valence-electron chi connectivity index (χ1n) is 6.62. The van der Waals surface area contributed by atoms with Crippen LogP contribution in [0.2, 0.25) is 0 Å². The van der Waals surface area contributed by atoms with Gasteiger partial charge in [-0.25, -0.2) is 0 Å². The van der Waals surface area contributed by atoms with Crippen molar-refractivity contribution in [2.24, 2.45) is 11.5 Å². The standard InChI is InChI=1S/C6H12N2O.C4H9N.C2H4BrNO/c7-6(9)5-8-3-1-2-4-8;1-2-4-5-3-1;3-1-2(4)5/h1-5H2,(H2,7,9);5H,1-4H2;1H2,(H2,4,5). The summed E-state index contributed by atoms with van der Waals surface area (Å²) in [6.07, 6.45) is 5.21. The van der Waals surface area contributed by atoms with E-state index in [9.17, 15) is 9.59 Å². The molecule has 0 radical (unpaired) electrons. The van der Waals surface area contributed by atoms with Crippen LogP contribution in [-0.4, -0.2) is 54.8 Å². The Morgan fingerprint density at radius 2 is 1.47 bits per heavy atom. The third kappa shape index (κ3) is 13.6. The van der Waals surface area contributed by atoms with E-state index in [4.69, 9.17) is 5.73 Å². The number of carbonyl (C=O) groups is 2. The smallest absolute Gasteiger partial charge is 0.231 e. The zero-order valence-corrected chi connectivity index (χ0v) is 13.0. The average molecular weight is 337 g/mol. The number of hydrogen-bond donors (Lipinski definition) is 3. The highest BCUT2D eigenvalue weighted by Gasteiger charge is 2.12. The fourth-order valence-electron chi connectivity index (χ4n) is 1.79. The van der Waals surface area contributed by atoms with Crippen molar-refractivity contribution in [1.29, 1.82) is 0 Å². The lowest BCUT2D eigenvalue weighted by atomic mass is 10.4. The van der Waals surface area contributed by atoms with Crippen LogP contribution in [0.1, 0.15) is 25.7 Å². The monoisotopic (exact) mass is 336 g/mol. The van der Waals surface area contributed by atoms with Crippen molar-refractivity contribution in [3.8, 4) is 0 Å². The molecule has 0 aromatic heterocycles. The van der Waals surface area contributed by atoms with E-state index < -0.39 is 0 Å². The zero-order chi connectivity index (χ0) is 14.5. The fourth-order valence-corrected chi connectivity index (χ4v) is 1.79. The van der Waals surface area contributed by atoms with Gasteiger partial charge in [-0.2, -0.15) is 0 Å². The topological polar surface area (TPSA) is 101 Å². The molecule has 0 aliphatic carbocycles. The second-order valence-corrected chi connectivity index (χ2v) is 5.07. The van der Waals surface area contributed by atoms with E-state index in [1.54, 1.807) is 0 Å². The van der Waals surface area contributed by atoms with Gasteiger partial charge < -0.3 is 16.8 Å². The molecule has 0 saturated carbocycles. The van der Waals surface area contributed by atoms with Crippen molar-refractivity contribution in [2.45, 2.75) is 25.7 Å². The quantitative estimate of drug-likeness (QED) is 0.621. The number of amides is 2. The summed E-state index contributed by atoms with van der Waals surface area (Å²) < 4.78 is 0. The van der Waals surface area contributed by atoms with Gasteiger partial charge in [0.05, 0.1) is 11.9 Å². The number of nitrogens with zero attached hydrogens (tertiary/aromatic N) is 1. The summed E-state index contributed by atoms with van der Waals surface area (Å²) in [6, 6.07) is 0. The molecule has 0 unspecified atom stereocenters. The van der Waals surface area contributed by atoms with E-state index in [-0.39, 0.29) is 17.1 Å². The summed E-state index contributed by atoms with van der Waals surface area (Å²) in [7, 11) is 0. The number of halogens is 1. The van der Waals surface area contributed by atoms with Crippen LogP contribution in [0.15, 0.2) is 0 Å². The molecule has 0 spiro atoms. The molecule has 2 aliphatic heterocycles. The van der Waals surface area contributed by atoms with Crippen LogP contribution in [0.3, 0.4) is 0 Å². The Morgan fingerprint density at radius 3 is 1.74 bits per heavy atom. The predicted molar refractivity (Wildman–Crippen MR) is 80.0 cm³/mol. The van der Waals surface area contributed by atoms with Crippen molar-refractivity contribution >= 4 is 27.7 Å². The van der Waals surface area contributed by atoms with Crippen LogP contribution in [0.25, 0.3) is 0 Å². The minimum atomic E-state index is -0.329. The van der Waals surface area contributed by atoms with Crippen molar-refractivity contribution < 1.29 is 9.59 Å². The van der Waals surface area contributed by atoms with Crippen molar-refractivity contribution in [3.05, 3.63) is 0 Å². The summed E-state index contributed by atoms with van der Waals surface area (Å²) >= 11 is 2.84. The first-order chi connectivity index (χ1) is 9.06. The molecule has 2 rings (SSSR count). The Balaban J connectivity index is 0.000000278. The van der Waals surface area contributed by atoms with Gasteiger partial charge in [0.25, 0.3) is 0 Å². The molecule has 112 valence electrons. The van der Waals surface area contributed by atoms with Gasteiger partial charge in [-0.15, -0.1) is 0 Å². The number of nitrogens with two attached hydrogens (primary N) is 2. The predicted octanol–water partition coefficient (Wildman–Crippen LogP) is -0.196. The molecule has 2 aliphatic rings. The van der Waals surface area contributed by atoms with E-state index in [1.165, 1.54) is 38.8 Å². The van der Waals surface area contributed by atoms with Gasteiger partial charge in [-0.05, 0) is 51.9 Å². The molecule has 0 aromatic carbocycles. The number of rotatable bonds is 3. The Morgan fingerprint density at radius 1 is 1.00 bits per heavy atom. The van der Waals surface area contributed by atoms with Crippen LogP contribution in [0, 0.1) is 0 Å². The molecule has 2 fully saturated rings. The van der Waals surface area contributed by atoms with Crippen molar-refractivity contribution in [2.75, 3.05) is 38.1 Å². The number of hydrogen-bond acceptors (Lipinski definition) is 4. The lowest BCUT2D eigenvalue weighted by Gasteiger charge is -2.09. The summed E-state index contributed by atoms with van der Waals surface area (Å²) in [5.41, 5.74) is 9.60. The third-order valence-electron chi connectivity index (χ3n) is 2.67. The molecule has 2 heterocycles. The first-order valence-corrected chi connectivity index (χ1v) is 7.74. The number of carbonyl (C=O) groups excluding carboxylic acids is 2. The summed E-state index contributed by atoms with van der Waals surface area (Å²) in [5.74, 6) is -0.540. The van der Waals surface area contributed by atoms with Gasteiger partial charge >= 0.3 is 0 Å². The molecule has 5 N–H and O–H groups in total. The molecule has 19 heavy (non-hydrogen) atoms. The Labute approximate surface area is 123 Å². The Hall–Kier alpha value is -0.660. The second kappa shape index (κ2) is 12.4. The molecule has 0 aromatic rings. The van der Waals surface area contributed by atoms with Gasteiger partial charge in [0.15, 0.2) is 0 Å². The van der Waals surface area contributed by atoms with Gasteiger partial charge in [-0.1, -0.05) is 15.9 Å². The average Bonchev–Trinajstić information content (AvgIpc) is 3.03. The summed E-state index contributed by atoms with van der Waals surface area (Å²) in [4.78, 5) is 22.0. The largest absolute Gasteiger partial charge is 0.369 e. The van der Waals surface area contributed by atoms with Crippen LogP contribution >= 0.6 is 15.9 Å². The molecule has 6 nitrogen and oxygen atoms in total. The normalized spacial score (nSPS) is 17.9. The van der Waals surface area contributed by atoms with Crippen LogP contribution in [0.5, 0.6) is 0 Å². The second-order valence-electron chi connectivity index (χ2n) is 4.51. The first kappa shape index (κ1) is 18.3. The van der Waals surface area contributed by atoms with Gasteiger partial charge in [0.2, 0.25) is 11.8 Å². The molecule has 0 atom stereocenters. The maximum absolute atomic E-state index is 10.3. The van der Waals surface area contributed by atoms with Gasteiger partial charge in [0, 0.05) is 0 Å². The highest BCUT2D eigenvalue weighted by atomic mass is 79.9. The van der Waals surface area contributed by atoms with Crippen LogP contribution < -0.4 is 16.8 Å². The lowest BCUT2D eigenvalue weighted by Crippen LogP contribution is -2.31. The molecular formula is C12H25BrN4O2. The number of primary amides is 2. The van der Waals surface area contributed by atoms with Crippen molar-refractivity contribution in [1.82, 2.24) is 10.2 Å². The highest BCUT2D eigenvalue weighted by Crippen LogP contribution is 2.05. The Bertz CT molecular complexity index is 247. The van der Waals surface area contributed by atoms with E-state index in [1.807, 2.05) is 0 Å². The third-order valence-corrected chi connectivity index (χ3v) is 3.22. The number of likely N-dealkylation sites (tertiary alicyclic amines) is 1. The maximum atomic E-state index is 10.3. The SMILES string of the molecule is C1CCNC1.NC(=O)CBr.NC(=O)CN1CCCC1. The molecule has 2 amide bonds. The van der Waals surface area contributed by atoms with Crippen molar-refractivity contribution in [3.63, 3.8) is 0 Å². The van der Waals surface area contributed by atoms with Crippen LogP contribution in [-0.2, 0) is 9.59 Å². The molecular weight excluding hydrogens is 312 g/mol. The van der Waals surface area contributed by atoms with E-state index in [0.717, 1.165) is 13.1 Å². The minimum Gasteiger partial charge on any atom is -0.369 e. The maximum Gasteiger partial charge on any atom is 0.231 e. The molecule has 7 heteroatoms. The number of nitrogens with one attached hydrogen (secondary N) is 1. The molecule has 0 bridgehead atoms. The van der Waals surface area contributed by atoms with E-state index in [0.29, 0.717) is 6.54 Å². The van der Waals surface area contributed by atoms with E-state index >= 15 is 0 Å². The Kier molecular flexibility index (Phi) is 11.9. The zero-order valence-electron chi connectivity index (χ0n) is 11.4. The van der Waals surface area contributed by atoms with Gasteiger partial charge in [0.1, 0.15) is 0 Å². The lowest BCUT2D eigenvalue weighted by molar-refractivity contribution is -0.119.